The third-order valence-corrected chi connectivity index (χ3v) is 3.29. The van der Waals surface area contributed by atoms with Crippen molar-refractivity contribution in [2.24, 2.45) is 5.92 Å². The second kappa shape index (κ2) is 4.30. The minimum absolute atomic E-state index is 0.803. The van der Waals surface area contributed by atoms with Gasteiger partial charge in [0, 0.05) is 4.83 Å². The molecular weight excluding hydrogens is 200 g/mol. The molecule has 0 aliphatic heterocycles. The van der Waals surface area contributed by atoms with Crippen LogP contribution in [0.25, 0.3) is 0 Å². The van der Waals surface area contributed by atoms with Gasteiger partial charge in [0.1, 0.15) is 0 Å². The monoisotopic (exact) mass is 216 g/mol. The fourth-order valence-electron chi connectivity index (χ4n) is 1.73. The van der Waals surface area contributed by atoms with E-state index in [-0.39, 0.29) is 0 Å². The topological polar surface area (TPSA) is 0 Å². The molecule has 0 bridgehead atoms. The highest BCUT2D eigenvalue weighted by Crippen LogP contribution is 2.33. The van der Waals surface area contributed by atoms with E-state index in [1.54, 1.807) is 0 Å². The van der Waals surface area contributed by atoms with E-state index in [0.29, 0.717) is 0 Å². The second-order valence-electron chi connectivity index (χ2n) is 3.77. The highest BCUT2D eigenvalue weighted by molar-refractivity contribution is 9.09. The molecule has 0 aromatic carbocycles. The van der Waals surface area contributed by atoms with Gasteiger partial charge in [0.25, 0.3) is 0 Å². The smallest absolute Gasteiger partial charge is 0.0148 e. The average molecular weight is 217 g/mol. The van der Waals surface area contributed by atoms with Crippen molar-refractivity contribution in [3.63, 3.8) is 0 Å². The van der Waals surface area contributed by atoms with Gasteiger partial charge in [-0.1, -0.05) is 21.5 Å². The molecule has 11 heavy (non-hydrogen) atoms. The maximum atomic E-state index is 3.92. The van der Waals surface area contributed by atoms with Crippen molar-refractivity contribution >= 4 is 15.9 Å². The molecule has 0 saturated heterocycles. The Morgan fingerprint density at radius 1 is 1.55 bits per heavy atom. The Morgan fingerprint density at radius 2 is 2.27 bits per heavy atom. The predicted octanol–water partition coefficient (Wildman–Crippen LogP) is 3.91. The largest absolute Gasteiger partial charge is 0.100 e. The highest BCUT2D eigenvalue weighted by Gasteiger charge is 2.21. The number of hydrogen-bond donors (Lipinski definition) is 0. The summed E-state index contributed by atoms with van der Waals surface area (Å²) in [6, 6.07) is 0. The van der Waals surface area contributed by atoms with Gasteiger partial charge in [-0.2, -0.15) is 0 Å². The molecule has 64 valence electrons. The van der Waals surface area contributed by atoms with E-state index in [9.17, 15) is 0 Å². The summed E-state index contributed by atoms with van der Waals surface area (Å²) in [5.74, 6) is 0.969. The molecule has 2 unspecified atom stereocenters. The number of halogens is 1. The Hall–Kier alpha value is 0.220. The first-order valence-corrected chi connectivity index (χ1v) is 5.38. The summed E-state index contributed by atoms with van der Waals surface area (Å²) < 4.78 is 0. The quantitative estimate of drug-likeness (QED) is 0.496. The van der Waals surface area contributed by atoms with E-state index in [0.717, 1.165) is 10.7 Å². The van der Waals surface area contributed by atoms with Gasteiger partial charge in [-0.05, 0) is 44.9 Å². The van der Waals surface area contributed by atoms with Gasteiger partial charge in [0.15, 0.2) is 0 Å². The zero-order chi connectivity index (χ0) is 8.27. The van der Waals surface area contributed by atoms with Crippen molar-refractivity contribution < 1.29 is 0 Å². The first-order chi connectivity index (χ1) is 5.18. The first kappa shape index (κ1) is 9.31. The van der Waals surface area contributed by atoms with E-state index in [1.807, 2.05) is 0 Å². The molecule has 0 aromatic heterocycles. The molecule has 0 aromatic rings. The Labute approximate surface area is 78.2 Å². The lowest BCUT2D eigenvalue weighted by molar-refractivity contribution is 0.504. The Balaban J connectivity index is 2.13. The molecule has 0 heterocycles. The molecule has 0 amide bonds. The van der Waals surface area contributed by atoms with Crippen LogP contribution < -0.4 is 0 Å². The predicted molar refractivity (Wildman–Crippen MR) is 54.1 cm³/mol. The average Bonchev–Trinajstić information content (AvgIpc) is 2.31. The van der Waals surface area contributed by atoms with Crippen LogP contribution >= 0.6 is 15.9 Å². The molecule has 1 heteroatoms. The Morgan fingerprint density at radius 3 is 2.73 bits per heavy atom. The van der Waals surface area contributed by atoms with Crippen LogP contribution in [0.4, 0.5) is 0 Å². The van der Waals surface area contributed by atoms with Gasteiger partial charge in [-0.3, -0.25) is 0 Å². The molecule has 1 fully saturated rings. The van der Waals surface area contributed by atoms with Gasteiger partial charge in [0.2, 0.25) is 0 Å². The molecule has 2 atom stereocenters. The summed E-state index contributed by atoms with van der Waals surface area (Å²) in [5.41, 5.74) is 1.34. The summed E-state index contributed by atoms with van der Waals surface area (Å²) in [6.45, 7) is 6.05. The number of rotatable bonds is 3. The van der Waals surface area contributed by atoms with Gasteiger partial charge >= 0.3 is 0 Å². The van der Waals surface area contributed by atoms with Gasteiger partial charge in [-0.15, -0.1) is 6.58 Å². The van der Waals surface area contributed by atoms with Gasteiger partial charge in [0.05, 0.1) is 0 Å². The summed E-state index contributed by atoms with van der Waals surface area (Å²) in [4.78, 5) is 0.803. The van der Waals surface area contributed by atoms with Crippen LogP contribution in [0.2, 0.25) is 0 Å². The number of allylic oxidation sites excluding steroid dienone is 1. The molecule has 0 N–H and O–H groups in total. The van der Waals surface area contributed by atoms with Crippen LogP contribution in [0.15, 0.2) is 12.2 Å². The van der Waals surface area contributed by atoms with E-state index >= 15 is 0 Å². The fourth-order valence-corrected chi connectivity index (χ4v) is 2.52. The van der Waals surface area contributed by atoms with E-state index in [2.05, 4.69) is 29.4 Å². The Kier molecular flexibility index (Phi) is 3.64. The van der Waals surface area contributed by atoms with Crippen molar-refractivity contribution in [1.29, 1.82) is 0 Å². The molecular formula is C10H17Br. The van der Waals surface area contributed by atoms with E-state index in [1.165, 1.54) is 37.7 Å². The minimum atomic E-state index is 0.803. The van der Waals surface area contributed by atoms with E-state index in [4.69, 9.17) is 0 Å². The minimum Gasteiger partial charge on any atom is -0.100 e. The molecule has 1 aliphatic carbocycles. The maximum absolute atomic E-state index is 3.92. The van der Waals surface area contributed by atoms with Crippen LogP contribution in [0, 0.1) is 5.92 Å². The SMILES string of the molecule is C=C(C)CCC1CCC(Br)C1. The van der Waals surface area contributed by atoms with Crippen LogP contribution in [-0.2, 0) is 0 Å². The van der Waals surface area contributed by atoms with Gasteiger partial charge in [-0.25, -0.2) is 0 Å². The normalized spacial score (nSPS) is 30.7. The van der Waals surface area contributed by atoms with Gasteiger partial charge < -0.3 is 0 Å². The van der Waals surface area contributed by atoms with Crippen LogP contribution in [0.1, 0.15) is 39.0 Å². The fraction of sp³-hybridized carbons (Fsp3) is 0.800. The van der Waals surface area contributed by atoms with Crippen LogP contribution in [0.5, 0.6) is 0 Å². The number of hydrogen-bond acceptors (Lipinski definition) is 0. The third kappa shape index (κ3) is 3.42. The van der Waals surface area contributed by atoms with Crippen molar-refractivity contribution in [3.8, 4) is 0 Å². The lowest BCUT2D eigenvalue weighted by Crippen LogP contribution is -1.95. The molecule has 1 saturated carbocycles. The van der Waals surface area contributed by atoms with Crippen LogP contribution in [-0.4, -0.2) is 4.83 Å². The lowest BCUT2D eigenvalue weighted by atomic mass is 10.00. The molecule has 1 rings (SSSR count). The lowest BCUT2D eigenvalue weighted by Gasteiger charge is -2.07. The zero-order valence-electron chi connectivity index (χ0n) is 7.28. The summed E-state index contributed by atoms with van der Waals surface area (Å²) in [6.07, 6.45) is 6.76. The van der Waals surface area contributed by atoms with Crippen LogP contribution in [0.3, 0.4) is 0 Å². The number of alkyl halides is 1. The molecule has 0 spiro atoms. The van der Waals surface area contributed by atoms with Crippen molar-refractivity contribution in [2.75, 3.05) is 0 Å². The third-order valence-electron chi connectivity index (χ3n) is 2.46. The molecule has 0 nitrogen and oxygen atoms in total. The van der Waals surface area contributed by atoms with Crippen molar-refractivity contribution in [3.05, 3.63) is 12.2 Å². The summed E-state index contributed by atoms with van der Waals surface area (Å²) in [5, 5.41) is 0. The molecule has 0 radical (unpaired) electrons. The maximum Gasteiger partial charge on any atom is 0.0148 e. The summed E-state index contributed by atoms with van der Waals surface area (Å²) in [7, 11) is 0. The first-order valence-electron chi connectivity index (χ1n) is 4.47. The van der Waals surface area contributed by atoms with E-state index < -0.39 is 0 Å². The standard InChI is InChI=1S/C10H17Br/c1-8(2)3-4-9-5-6-10(11)7-9/h9-10H,1,3-7H2,2H3. The highest BCUT2D eigenvalue weighted by atomic mass is 79.9. The van der Waals surface area contributed by atoms with Crippen molar-refractivity contribution in [1.82, 2.24) is 0 Å². The molecule has 1 aliphatic rings. The Bertz CT molecular complexity index is 140. The van der Waals surface area contributed by atoms with Crippen molar-refractivity contribution in [2.45, 2.75) is 43.9 Å². The summed E-state index contributed by atoms with van der Waals surface area (Å²) >= 11 is 3.66. The zero-order valence-corrected chi connectivity index (χ0v) is 8.86. The second-order valence-corrected chi connectivity index (χ2v) is 5.07.